The van der Waals surface area contributed by atoms with Gasteiger partial charge >= 0.3 is 5.97 Å². The zero-order valence-corrected chi connectivity index (χ0v) is 12.6. The highest BCUT2D eigenvalue weighted by Crippen LogP contribution is 2.48. The number of nitrogen functional groups attached to an aromatic ring is 1. The highest BCUT2D eigenvalue weighted by atomic mass is 16.5. The summed E-state index contributed by atoms with van der Waals surface area (Å²) < 4.78 is 10.1. The smallest absolute Gasteiger partial charge is 0.340 e. The highest BCUT2D eigenvalue weighted by Gasteiger charge is 2.41. The van der Waals surface area contributed by atoms with E-state index in [9.17, 15) is 4.79 Å². The number of nitrogens with one attached hydrogen (secondary N) is 1. The number of hydrogen-bond donors (Lipinski definition) is 2. The molecule has 0 radical (unpaired) electrons. The predicted molar refractivity (Wildman–Crippen MR) is 81.3 cm³/mol. The zero-order valence-electron chi connectivity index (χ0n) is 12.6. The average Bonchev–Trinajstić information content (AvgIpc) is 3.25. The van der Waals surface area contributed by atoms with Crippen LogP contribution in [0, 0.1) is 5.41 Å². The molecule has 21 heavy (non-hydrogen) atoms. The summed E-state index contributed by atoms with van der Waals surface area (Å²) in [5.41, 5.74) is 7.00. The normalized spacial score (nSPS) is 15.5. The molecule has 1 aromatic heterocycles. The number of carbonyl (C=O) groups is 1. The molecule has 6 heteroatoms. The number of esters is 1. The van der Waals surface area contributed by atoms with Crippen molar-refractivity contribution < 1.29 is 14.3 Å². The first-order chi connectivity index (χ1) is 10.1. The molecule has 6 nitrogen and oxygen atoms in total. The van der Waals surface area contributed by atoms with Gasteiger partial charge in [0.15, 0.2) is 0 Å². The van der Waals surface area contributed by atoms with Gasteiger partial charge in [-0.25, -0.2) is 9.78 Å². The van der Waals surface area contributed by atoms with Gasteiger partial charge in [-0.3, -0.25) is 0 Å². The summed E-state index contributed by atoms with van der Waals surface area (Å²) in [5, 5.41) is 3.26. The third-order valence-electron chi connectivity index (χ3n) is 3.91. The fourth-order valence-electron chi connectivity index (χ4n) is 2.28. The van der Waals surface area contributed by atoms with Crippen molar-refractivity contribution in [1.82, 2.24) is 4.98 Å². The quantitative estimate of drug-likeness (QED) is 0.714. The molecule has 2 rings (SSSR count). The summed E-state index contributed by atoms with van der Waals surface area (Å²) in [4.78, 5) is 16.0. The van der Waals surface area contributed by atoms with Gasteiger partial charge in [0.25, 0.3) is 0 Å². The van der Waals surface area contributed by atoms with Crippen molar-refractivity contribution in [2.24, 2.45) is 5.41 Å². The fourth-order valence-corrected chi connectivity index (χ4v) is 2.28. The van der Waals surface area contributed by atoms with E-state index in [0.29, 0.717) is 23.7 Å². The van der Waals surface area contributed by atoms with E-state index in [1.54, 1.807) is 26.3 Å². The fraction of sp³-hybridized carbons (Fsp3) is 0.600. The minimum atomic E-state index is -0.416. The Labute approximate surface area is 125 Å². The lowest BCUT2D eigenvalue weighted by molar-refractivity contribution is 0.0527. The highest BCUT2D eigenvalue weighted by molar-refractivity contribution is 5.97. The molecule has 0 amide bonds. The second kappa shape index (κ2) is 6.76. The van der Waals surface area contributed by atoms with Crippen LogP contribution in [0.15, 0.2) is 12.3 Å². The molecule has 1 saturated carbocycles. The van der Waals surface area contributed by atoms with Crippen LogP contribution in [-0.2, 0) is 9.47 Å². The second-order valence-corrected chi connectivity index (χ2v) is 5.44. The van der Waals surface area contributed by atoms with Gasteiger partial charge in [0.2, 0.25) is 0 Å². The minimum absolute atomic E-state index is 0.282. The van der Waals surface area contributed by atoms with Crippen molar-refractivity contribution in [1.29, 1.82) is 0 Å². The van der Waals surface area contributed by atoms with Crippen LogP contribution >= 0.6 is 0 Å². The van der Waals surface area contributed by atoms with Gasteiger partial charge in [0, 0.05) is 26.5 Å². The SMILES string of the molecule is CCOC(=O)c1ccnc(NCC2(CCOC)CC2)c1N. The second-order valence-electron chi connectivity index (χ2n) is 5.44. The van der Waals surface area contributed by atoms with E-state index in [1.807, 2.05) is 0 Å². The Bertz CT molecular complexity index is 501. The van der Waals surface area contributed by atoms with E-state index >= 15 is 0 Å². The summed E-state index contributed by atoms with van der Waals surface area (Å²) in [6.07, 6.45) is 4.95. The minimum Gasteiger partial charge on any atom is -0.462 e. The first kappa shape index (κ1) is 15.6. The lowest BCUT2D eigenvalue weighted by atomic mass is 10.0. The summed E-state index contributed by atoms with van der Waals surface area (Å²) >= 11 is 0. The summed E-state index contributed by atoms with van der Waals surface area (Å²) in [7, 11) is 1.71. The summed E-state index contributed by atoms with van der Waals surface area (Å²) in [6.45, 7) is 3.64. The molecule has 0 aliphatic heterocycles. The van der Waals surface area contributed by atoms with Crippen molar-refractivity contribution in [2.75, 3.05) is 37.9 Å². The zero-order chi connectivity index (χ0) is 15.3. The Morgan fingerprint density at radius 1 is 1.52 bits per heavy atom. The van der Waals surface area contributed by atoms with Gasteiger partial charge in [-0.2, -0.15) is 0 Å². The maximum Gasteiger partial charge on any atom is 0.340 e. The molecular formula is C15H23N3O3. The number of pyridine rings is 1. The first-order valence-electron chi connectivity index (χ1n) is 7.26. The molecule has 0 saturated heterocycles. The molecule has 3 N–H and O–H groups in total. The average molecular weight is 293 g/mol. The van der Waals surface area contributed by atoms with Gasteiger partial charge < -0.3 is 20.5 Å². The van der Waals surface area contributed by atoms with Crippen LogP contribution in [0.3, 0.4) is 0 Å². The van der Waals surface area contributed by atoms with Crippen LogP contribution in [0.5, 0.6) is 0 Å². The summed E-state index contributed by atoms with van der Waals surface area (Å²) in [5.74, 6) is 0.130. The Morgan fingerprint density at radius 3 is 2.90 bits per heavy atom. The van der Waals surface area contributed by atoms with Crippen LogP contribution in [0.4, 0.5) is 11.5 Å². The van der Waals surface area contributed by atoms with Gasteiger partial charge in [-0.05, 0) is 37.7 Å². The molecule has 1 aliphatic rings. The Morgan fingerprint density at radius 2 is 2.29 bits per heavy atom. The first-order valence-corrected chi connectivity index (χ1v) is 7.26. The van der Waals surface area contributed by atoms with Crippen molar-refractivity contribution in [3.63, 3.8) is 0 Å². The van der Waals surface area contributed by atoms with Crippen LogP contribution < -0.4 is 11.1 Å². The third-order valence-corrected chi connectivity index (χ3v) is 3.91. The number of anilines is 2. The number of methoxy groups -OCH3 is 1. The van der Waals surface area contributed by atoms with Gasteiger partial charge in [-0.15, -0.1) is 0 Å². The largest absolute Gasteiger partial charge is 0.462 e. The molecule has 1 fully saturated rings. The number of hydrogen-bond acceptors (Lipinski definition) is 6. The van der Waals surface area contributed by atoms with Gasteiger partial charge in [-0.1, -0.05) is 0 Å². The van der Waals surface area contributed by atoms with E-state index in [1.165, 1.54) is 12.8 Å². The molecule has 1 heterocycles. The molecule has 116 valence electrons. The van der Waals surface area contributed by atoms with E-state index in [2.05, 4.69) is 10.3 Å². The van der Waals surface area contributed by atoms with Crippen molar-refractivity contribution in [2.45, 2.75) is 26.2 Å². The lowest BCUT2D eigenvalue weighted by Crippen LogP contribution is -2.19. The van der Waals surface area contributed by atoms with Crippen molar-refractivity contribution in [3.8, 4) is 0 Å². The van der Waals surface area contributed by atoms with Crippen molar-refractivity contribution in [3.05, 3.63) is 17.8 Å². The molecule has 0 spiro atoms. The molecule has 1 aliphatic carbocycles. The molecule has 0 unspecified atom stereocenters. The Kier molecular flexibility index (Phi) is 5.01. The molecular weight excluding hydrogens is 270 g/mol. The number of aromatic nitrogens is 1. The maximum absolute atomic E-state index is 11.8. The van der Waals surface area contributed by atoms with Gasteiger partial charge in [0.05, 0.1) is 17.9 Å². The number of nitrogens with two attached hydrogens (primary N) is 1. The van der Waals surface area contributed by atoms with Crippen LogP contribution in [0.2, 0.25) is 0 Å². The van der Waals surface area contributed by atoms with Crippen LogP contribution in [-0.4, -0.2) is 37.8 Å². The number of carbonyl (C=O) groups excluding carboxylic acids is 1. The number of nitrogens with zero attached hydrogens (tertiary/aromatic N) is 1. The monoisotopic (exact) mass is 293 g/mol. The summed E-state index contributed by atoms with van der Waals surface area (Å²) in [6, 6.07) is 1.58. The van der Waals surface area contributed by atoms with Crippen molar-refractivity contribution >= 4 is 17.5 Å². The predicted octanol–water partition coefficient (Wildman–Crippen LogP) is 2.07. The molecule has 1 aromatic rings. The standard InChI is InChI=1S/C15H23N3O3/c1-3-21-14(19)11-4-8-17-13(12(11)16)18-10-15(5-6-15)7-9-20-2/h4,8H,3,5-7,9-10,16H2,1-2H3,(H,17,18). The Hall–Kier alpha value is -1.82. The van der Waals surface area contributed by atoms with E-state index < -0.39 is 5.97 Å². The number of ether oxygens (including phenoxy) is 2. The van der Waals surface area contributed by atoms with Gasteiger partial charge in [0.1, 0.15) is 5.82 Å². The molecule has 0 bridgehead atoms. The molecule has 0 aromatic carbocycles. The Balaban J connectivity index is 2.01. The number of rotatable bonds is 8. The lowest BCUT2D eigenvalue weighted by Gasteiger charge is -2.17. The topological polar surface area (TPSA) is 86.5 Å². The molecule has 0 atom stereocenters. The van der Waals surface area contributed by atoms with E-state index in [0.717, 1.165) is 19.6 Å². The van der Waals surface area contributed by atoms with E-state index in [-0.39, 0.29) is 5.41 Å². The maximum atomic E-state index is 11.8. The van der Waals surface area contributed by atoms with E-state index in [4.69, 9.17) is 15.2 Å². The van der Waals surface area contributed by atoms with Crippen LogP contribution in [0.25, 0.3) is 0 Å². The third kappa shape index (κ3) is 3.85. The van der Waals surface area contributed by atoms with Crippen LogP contribution in [0.1, 0.15) is 36.5 Å².